The Kier molecular flexibility index (Phi) is 3.80. The summed E-state index contributed by atoms with van der Waals surface area (Å²) in [5, 5.41) is 16.5. The van der Waals surface area contributed by atoms with E-state index in [0.717, 1.165) is 25.2 Å². The molecule has 0 aromatic heterocycles. The molecule has 0 bridgehead atoms. The Morgan fingerprint density at radius 3 is 2.94 bits per heavy atom. The van der Waals surface area contributed by atoms with Crippen LogP contribution in [0.15, 0.2) is 24.3 Å². The van der Waals surface area contributed by atoms with Crippen LogP contribution in [0.1, 0.15) is 17.9 Å². The van der Waals surface area contributed by atoms with Crippen LogP contribution in [0.25, 0.3) is 0 Å². The minimum atomic E-state index is 0.404. The standard InChI is InChI=1S/C13H20N2O/c1-14-9-12(10-6-7-15-8-10)11-4-2-3-5-13(11)16/h2-5,10,12,14-16H,6-9H2,1H3. The lowest BCUT2D eigenvalue weighted by Crippen LogP contribution is -2.25. The average Bonchev–Trinajstić information content (AvgIpc) is 2.80. The number of benzene rings is 1. The number of hydrogen-bond acceptors (Lipinski definition) is 3. The van der Waals surface area contributed by atoms with E-state index >= 15 is 0 Å². The van der Waals surface area contributed by atoms with E-state index < -0.39 is 0 Å². The predicted octanol–water partition coefficient (Wildman–Crippen LogP) is 1.30. The van der Waals surface area contributed by atoms with Crippen LogP contribution in [0.4, 0.5) is 0 Å². The smallest absolute Gasteiger partial charge is 0.119 e. The zero-order chi connectivity index (χ0) is 11.4. The molecule has 0 saturated carbocycles. The fraction of sp³-hybridized carbons (Fsp3) is 0.538. The first kappa shape index (κ1) is 11.4. The van der Waals surface area contributed by atoms with Gasteiger partial charge in [-0.1, -0.05) is 18.2 Å². The van der Waals surface area contributed by atoms with Crippen LogP contribution < -0.4 is 10.6 Å². The van der Waals surface area contributed by atoms with Gasteiger partial charge in [0, 0.05) is 12.5 Å². The van der Waals surface area contributed by atoms with E-state index in [2.05, 4.69) is 10.6 Å². The Labute approximate surface area is 96.9 Å². The molecule has 88 valence electrons. The molecule has 0 aliphatic carbocycles. The van der Waals surface area contributed by atoms with Crippen LogP contribution in [0, 0.1) is 5.92 Å². The zero-order valence-corrected chi connectivity index (χ0v) is 9.74. The number of phenols is 1. The van der Waals surface area contributed by atoms with Crippen LogP contribution in [-0.4, -0.2) is 31.8 Å². The third kappa shape index (κ3) is 2.36. The molecule has 1 aromatic rings. The van der Waals surface area contributed by atoms with Crippen molar-refractivity contribution in [1.29, 1.82) is 0 Å². The largest absolute Gasteiger partial charge is 0.508 e. The van der Waals surface area contributed by atoms with Crippen molar-refractivity contribution < 1.29 is 5.11 Å². The highest BCUT2D eigenvalue weighted by Crippen LogP contribution is 2.33. The van der Waals surface area contributed by atoms with Gasteiger partial charge in [0.1, 0.15) is 5.75 Å². The summed E-state index contributed by atoms with van der Waals surface area (Å²) in [4.78, 5) is 0. The van der Waals surface area contributed by atoms with Crippen LogP contribution >= 0.6 is 0 Å². The van der Waals surface area contributed by atoms with E-state index in [1.165, 1.54) is 6.42 Å². The van der Waals surface area contributed by atoms with E-state index in [1.807, 2.05) is 25.2 Å². The van der Waals surface area contributed by atoms with Gasteiger partial charge in [-0.3, -0.25) is 0 Å². The van der Waals surface area contributed by atoms with Gasteiger partial charge >= 0.3 is 0 Å². The molecular weight excluding hydrogens is 200 g/mol. The van der Waals surface area contributed by atoms with Crippen molar-refractivity contribution >= 4 is 0 Å². The number of phenolic OH excluding ortho intramolecular Hbond substituents is 1. The van der Waals surface area contributed by atoms with Crippen LogP contribution in [-0.2, 0) is 0 Å². The summed E-state index contributed by atoms with van der Waals surface area (Å²) >= 11 is 0. The highest BCUT2D eigenvalue weighted by atomic mass is 16.3. The predicted molar refractivity (Wildman–Crippen MR) is 65.8 cm³/mol. The summed E-state index contributed by atoms with van der Waals surface area (Å²) in [6, 6.07) is 7.69. The molecule has 0 spiro atoms. The Morgan fingerprint density at radius 2 is 2.31 bits per heavy atom. The van der Waals surface area contributed by atoms with Crippen molar-refractivity contribution in [3.8, 4) is 5.75 Å². The second-order valence-electron chi connectivity index (χ2n) is 4.48. The highest BCUT2D eigenvalue weighted by molar-refractivity contribution is 5.35. The first-order valence-corrected chi connectivity index (χ1v) is 5.96. The molecule has 3 heteroatoms. The SMILES string of the molecule is CNCC(c1ccccc1O)C1CCNC1. The lowest BCUT2D eigenvalue weighted by molar-refractivity contribution is 0.411. The molecule has 1 aliphatic heterocycles. The van der Waals surface area contributed by atoms with E-state index in [1.54, 1.807) is 6.07 Å². The third-order valence-corrected chi connectivity index (χ3v) is 3.43. The van der Waals surface area contributed by atoms with E-state index in [4.69, 9.17) is 0 Å². The van der Waals surface area contributed by atoms with E-state index in [0.29, 0.717) is 17.6 Å². The Hall–Kier alpha value is -1.06. The maximum absolute atomic E-state index is 9.92. The van der Waals surface area contributed by atoms with Gasteiger partial charge in [-0.15, -0.1) is 0 Å². The molecule has 1 saturated heterocycles. The molecule has 0 amide bonds. The molecule has 1 fully saturated rings. The van der Waals surface area contributed by atoms with Crippen molar-refractivity contribution in [2.75, 3.05) is 26.7 Å². The van der Waals surface area contributed by atoms with E-state index in [-0.39, 0.29) is 0 Å². The molecular formula is C13H20N2O. The van der Waals surface area contributed by atoms with Gasteiger partial charge in [0.05, 0.1) is 0 Å². The molecule has 3 N–H and O–H groups in total. The minimum absolute atomic E-state index is 0.404. The van der Waals surface area contributed by atoms with Crippen molar-refractivity contribution in [3.05, 3.63) is 29.8 Å². The molecule has 1 aliphatic rings. The number of hydrogen-bond donors (Lipinski definition) is 3. The number of likely N-dealkylation sites (N-methyl/N-ethyl adjacent to an activating group) is 1. The number of aromatic hydroxyl groups is 1. The lowest BCUT2D eigenvalue weighted by Gasteiger charge is -2.23. The van der Waals surface area contributed by atoms with E-state index in [9.17, 15) is 5.11 Å². The average molecular weight is 220 g/mol. The summed E-state index contributed by atoms with van der Waals surface area (Å²) in [5.41, 5.74) is 1.07. The van der Waals surface area contributed by atoms with Gasteiger partial charge in [0.2, 0.25) is 0 Å². The molecule has 1 aromatic carbocycles. The van der Waals surface area contributed by atoms with Crippen molar-refractivity contribution in [2.45, 2.75) is 12.3 Å². The molecule has 16 heavy (non-hydrogen) atoms. The van der Waals surface area contributed by atoms with Crippen molar-refractivity contribution in [1.82, 2.24) is 10.6 Å². The van der Waals surface area contributed by atoms with Gasteiger partial charge in [-0.25, -0.2) is 0 Å². The molecule has 0 radical (unpaired) electrons. The summed E-state index contributed by atoms with van der Waals surface area (Å²) in [6.07, 6.45) is 1.20. The number of rotatable bonds is 4. The Balaban J connectivity index is 2.21. The molecule has 2 atom stereocenters. The first-order valence-electron chi connectivity index (χ1n) is 5.96. The fourth-order valence-corrected chi connectivity index (χ4v) is 2.57. The third-order valence-electron chi connectivity index (χ3n) is 3.43. The fourth-order valence-electron chi connectivity index (χ4n) is 2.57. The molecule has 3 nitrogen and oxygen atoms in total. The monoisotopic (exact) mass is 220 g/mol. The topological polar surface area (TPSA) is 44.3 Å². The van der Waals surface area contributed by atoms with Crippen molar-refractivity contribution in [2.24, 2.45) is 5.92 Å². The number of nitrogens with one attached hydrogen (secondary N) is 2. The zero-order valence-electron chi connectivity index (χ0n) is 9.74. The van der Waals surface area contributed by atoms with Gasteiger partial charge in [-0.2, -0.15) is 0 Å². The van der Waals surface area contributed by atoms with Crippen molar-refractivity contribution in [3.63, 3.8) is 0 Å². The second kappa shape index (κ2) is 5.32. The first-order chi connectivity index (χ1) is 7.83. The maximum Gasteiger partial charge on any atom is 0.119 e. The molecule has 2 unspecified atom stereocenters. The highest BCUT2D eigenvalue weighted by Gasteiger charge is 2.27. The van der Waals surface area contributed by atoms with Crippen LogP contribution in [0.2, 0.25) is 0 Å². The lowest BCUT2D eigenvalue weighted by atomic mass is 9.85. The maximum atomic E-state index is 9.92. The molecule has 2 rings (SSSR count). The summed E-state index contributed by atoms with van der Waals surface area (Å²) in [7, 11) is 1.97. The minimum Gasteiger partial charge on any atom is -0.508 e. The Morgan fingerprint density at radius 1 is 1.50 bits per heavy atom. The number of para-hydroxylation sites is 1. The summed E-state index contributed by atoms with van der Waals surface area (Å²) in [5.74, 6) is 1.46. The van der Waals surface area contributed by atoms with Crippen LogP contribution in [0.3, 0.4) is 0 Å². The van der Waals surface area contributed by atoms with Crippen LogP contribution in [0.5, 0.6) is 5.75 Å². The molecule has 1 heterocycles. The van der Waals surface area contributed by atoms with Gasteiger partial charge in [0.25, 0.3) is 0 Å². The quantitative estimate of drug-likeness (QED) is 0.717. The van der Waals surface area contributed by atoms with Gasteiger partial charge < -0.3 is 15.7 Å². The summed E-state index contributed by atoms with van der Waals surface area (Å²) < 4.78 is 0. The van der Waals surface area contributed by atoms with Gasteiger partial charge in [-0.05, 0) is 44.1 Å². The second-order valence-corrected chi connectivity index (χ2v) is 4.48. The van der Waals surface area contributed by atoms with Gasteiger partial charge in [0.15, 0.2) is 0 Å². The summed E-state index contributed by atoms with van der Waals surface area (Å²) in [6.45, 7) is 3.07. The Bertz CT molecular complexity index is 334. The normalized spacial score (nSPS) is 22.2.